The summed E-state index contributed by atoms with van der Waals surface area (Å²) in [7, 11) is 0. The van der Waals surface area contributed by atoms with Crippen LogP contribution >= 0.6 is 11.6 Å². The maximum Gasteiger partial charge on any atom is 0.257 e. The predicted octanol–water partition coefficient (Wildman–Crippen LogP) is 7.56. The molecular formula is C37H27ClN4O2. The lowest BCUT2D eigenvalue weighted by Gasteiger charge is -2.30. The Labute approximate surface area is 260 Å². The summed E-state index contributed by atoms with van der Waals surface area (Å²) >= 11 is 6.35. The Kier molecular flexibility index (Phi) is 7.34. The van der Waals surface area contributed by atoms with Crippen LogP contribution in [0.2, 0.25) is 5.02 Å². The number of halogens is 1. The van der Waals surface area contributed by atoms with Gasteiger partial charge in [0.1, 0.15) is 0 Å². The van der Waals surface area contributed by atoms with E-state index < -0.39 is 17.8 Å². The molecule has 5 aromatic rings. The first kappa shape index (κ1) is 27.5. The second kappa shape index (κ2) is 11.7. The minimum atomic E-state index is -0.794. The highest BCUT2D eigenvalue weighted by atomic mass is 35.5. The molecule has 7 heteroatoms. The molecule has 2 amide bonds. The van der Waals surface area contributed by atoms with Crippen molar-refractivity contribution in [3.63, 3.8) is 0 Å². The zero-order valence-corrected chi connectivity index (χ0v) is 24.3. The lowest BCUT2D eigenvalue weighted by atomic mass is 9.70. The van der Waals surface area contributed by atoms with Gasteiger partial charge in [-0.15, -0.1) is 0 Å². The van der Waals surface area contributed by atoms with Gasteiger partial charge in [-0.2, -0.15) is 20.2 Å². The summed E-state index contributed by atoms with van der Waals surface area (Å²) < 4.78 is 0. The molecule has 6 nitrogen and oxygen atoms in total. The predicted molar refractivity (Wildman–Crippen MR) is 175 cm³/mol. The molecule has 1 unspecified atom stereocenters. The molecule has 0 fully saturated rings. The molecule has 2 aliphatic rings. The van der Waals surface area contributed by atoms with Gasteiger partial charge in [-0.25, -0.2) is 0 Å². The number of carbonyl (C=O) groups is 2. The van der Waals surface area contributed by atoms with E-state index in [4.69, 9.17) is 21.8 Å². The first-order chi connectivity index (χ1) is 21.6. The average molecular weight is 595 g/mol. The minimum absolute atomic E-state index is 0.214. The number of carbonyl (C=O) groups excluding carboxylic acids is 2. The fourth-order valence-electron chi connectivity index (χ4n) is 6.05. The van der Waals surface area contributed by atoms with Crippen molar-refractivity contribution in [3.8, 4) is 0 Å². The van der Waals surface area contributed by atoms with E-state index >= 15 is 0 Å². The first-order valence-corrected chi connectivity index (χ1v) is 14.8. The Morgan fingerprint density at radius 2 is 0.864 bits per heavy atom. The highest BCUT2D eigenvalue weighted by Gasteiger charge is 2.52. The van der Waals surface area contributed by atoms with Crippen molar-refractivity contribution in [1.29, 1.82) is 0 Å². The molecule has 0 N–H and O–H groups in total. The number of hydrogen-bond acceptors (Lipinski definition) is 4. The van der Waals surface area contributed by atoms with Crippen LogP contribution in [0.15, 0.2) is 156 Å². The van der Waals surface area contributed by atoms with Crippen LogP contribution in [0.5, 0.6) is 0 Å². The molecular weight excluding hydrogens is 568 g/mol. The highest BCUT2D eigenvalue weighted by molar-refractivity contribution is 6.30. The van der Waals surface area contributed by atoms with Crippen LogP contribution in [-0.4, -0.2) is 23.2 Å². The fourth-order valence-corrected chi connectivity index (χ4v) is 6.17. The summed E-state index contributed by atoms with van der Waals surface area (Å²) in [6.45, 7) is 0. The van der Waals surface area contributed by atoms with Gasteiger partial charge in [0.05, 0.1) is 34.6 Å². The van der Waals surface area contributed by atoms with Crippen LogP contribution in [0, 0.1) is 11.8 Å². The molecule has 3 atom stereocenters. The van der Waals surface area contributed by atoms with E-state index in [-0.39, 0.29) is 11.8 Å². The van der Waals surface area contributed by atoms with Crippen molar-refractivity contribution >= 4 is 46.2 Å². The van der Waals surface area contributed by atoms with E-state index in [1.807, 2.05) is 133 Å². The zero-order valence-electron chi connectivity index (χ0n) is 23.6. The van der Waals surface area contributed by atoms with Gasteiger partial charge >= 0.3 is 0 Å². The number of amides is 2. The third-order valence-corrected chi connectivity index (χ3v) is 8.32. The van der Waals surface area contributed by atoms with E-state index in [0.29, 0.717) is 27.8 Å². The lowest BCUT2D eigenvalue weighted by Crippen LogP contribution is -2.41. The molecule has 0 radical (unpaired) electrons. The maximum absolute atomic E-state index is 14.6. The Morgan fingerprint density at radius 1 is 0.500 bits per heavy atom. The topological polar surface area (TPSA) is 65.3 Å². The molecule has 5 aromatic carbocycles. The molecule has 0 spiro atoms. The van der Waals surface area contributed by atoms with E-state index in [1.54, 1.807) is 12.1 Å². The van der Waals surface area contributed by atoms with Crippen LogP contribution in [0.4, 0.5) is 11.4 Å². The van der Waals surface area contributed by atoms with Crippen molar-refractivity contribution in [2.45, 2.75) is 5.92 Å². The third kappa shape index (κ3) is 4.99. The van der Waals surface area contributed by atoms with E-state index in [1.165, 1.54) is 10.0 Å². The van der Waals surface area contributed by atoms with Gasteiger partial charge in [0.15, 0.2) is 0 Å². The monoisotopic (exact) mass is 594 g/mol. The third-order valence-electron chi connectivity index (χ3n) is 8.07. The molecule has 0 aromatic heterocycles. The Bertz CT molecular complexity index is 1740. The molecule has 2 heterocycles. The Morgan fingerprint density at radius 3 is 1.25 bits per heavy atom. The molecule has 0 saturated carbocycles. The summed E-state index contributed by atoms with van der Waals surface area (Å²) in [6, 6.07) is 45.5. The van der Waals surface area contributed by atoms with Crippen LogP contribution in [0.1, 0.15) is 22.6 Å². The van der Waals surface area contributed by atoms with Crippen molar-refractivity contribution in [2.75, 3.05) is 10.0 Å². The second-order valence-electron chi connectivity index (χ2n) is 10.7. The molecule has 2 aliphatic heterocycles. The summed E-state index contributed by atoms with van der Waals surface area (Å²) in [5.41, 5.74) is 4.92. The largest absolute Gasteiger partial charge is 0.272 e. The number of hydrogen-bond donors (Lipinski definition) is 0. The SMILES string of the molecule is O=C1[C@@H](C(c2ccc(Cl)cc2)[C@H]2C(=O)N(c3ccccc3)N=C2c2ccccc2)C(c2ccccc2)=NN1c1ccccc1. The van der Waals surface area contributed by atoms with Crippen molar-refractivity contribution in [2.24, 2.45) is 22.0 Å². The summed E-state index contributed by atoms with van der Waals surface area (Å²) in [5, 5.41) is 13.4. The zero-order chi connectivity index (χ0) is 30.0. The van der Waals surface area contributed by atoms with E-state index in [2.05, 4.69) is 0 Å². The van der Waals surface area contributed by atoms with Crippen LogP contribution in [-0.2, 0) is 9.59 Å². The molecule has 44 heavy (non-hydrogen) atoms. The van der Waals surface area contributed by atoms with Crippen LogP contribution in [0.25, 0.3) is 0 Å². The van der Waals surface area contributed by atoms with Crippen LogP contribution in [0.3, 0.4) is 0 Å². The summed E-state index contributed by atoms with van der Waals surface area (Å²) in [4.78, 5) is 29.3. The fraction of sp³-hybridized carbons (Fsp3) is 0.0811. The number of rotatable bonds is 7. The average Bonchev–Trinajstić information content (AvgIpc) is 3.61. The number of hydrazone groups is 2. The summed E-state index contributed by atoms with van der Waals surface area (Å²) in [5.74, 6) is -2.66. The number of para-hydroxylation sites is 2. The van der Waals surface area contributed by atoms with E-state index in [9.17, 15) is 9.59 Å². The normalized spacial score (nSPS) is 18.8. The number of anilines is 2. The maximum atomic E-state index is 14.6. The smallest absolute Gasteiger partial charge is 0.257 e. The second-order valence-corrected chi connectivity index (χ2v) is 11.1. The molecule has 7 rings (SSSR count). The summed E-state index contributed by atoms with van der Waals surface area (Å²) in [6.07, 6.45) is 0. The molecule has 0 aliphatic carbocycles. The van der Waals surface area contributed by atoms with Crippen LogP contribution < -0.4 is 10.0 Å². The highest BCUT2D eigenvalue weighted by Crippen LogP contribution is 2.45. The van der Waals surface area contributed by atoms with Gasteiger partial charge in [-0.1, -0.05) is 121 Å². The Hall–Kier alpha value is -5.33. The van der Waals surface area contributed by atoms with Crippen molar-refractivity contribution < 1.29 is 9.59 Å². The quantitative estimate of drug-likeness (QED) is 0.195. The molecule has 214 valence electrons. The molecule has 0 saturated heterocycles. The number of nitrogens with zero attached hydrogens (tertiary/aromatic N) is 4. The van der Waals surface area contributed by atoms with Crippen molar-refractivity contribution in [1.82, 2.24) is 0 Å². The minimum Gasteiger partial charge on any atom is -0.272 e. The first-order valence-electron chi connectivity index (χ1n) is 14.4. The van der Waals surface area contributed by atoms with Crippen molar-refractivity contribution in [3.05, 3.63) is 167 Å². The molecule has 0 bridgehead atoms. The lowest BCUT2D eigenvalue weighted by molar-refractivity contribution is -0.122. The van der Waals surface area contributed by atoms with Gasteiger partial charge in [-0.3, -0.25) is 9.59 Å². The van der Waals surface area contributed by atoms with Gasteiger partial charge in [0, 0.05) is 10.9 Å². The van der Waals surface area contributed by atoms with Gasteiger partial charge in [-0.05, 0) is 53.1 Å². The van der Waals surface area contributed by atoms with Gasteiger partial charge in [0.2, 0.25) is 0 Å². The van der Waals surface area contributed by atoms with E-state index in [0.717, 1.165) is 16.7 Å². The van der Waals surface area contributed by atoms with Gasteiger partial charge in [0.25, 0.3) is 11.8 Å². The Balaban J connectivity index is 1.44. The number of benzene rings is 5. The standard InChI is InChI=1S/C37H27ClN4O2/c38-28-23-21-25(22-24-28)31(32-34(26-13-5-1-6-14-26)39-41(36(32)43)29-17-9-3-10-18-29)33-35(27-15-7-2-8-16-27)40-42(37(33)44)30-19-11-4-12-20-30/h1-24,31-33H/t31?,32-,33+. The van der Waals surface area contributed by atoms with Gasteiger partial charge < -0.3 is 0 Å².